The van der Waals surface area contributed by atoms with Crippen LogP contribution in [0.5, 0.6) is 5.75 Å². The molecule has 1 aromatic heterocycles. The molecular weight excluding hydrogens is 588 g/mol. The van der Waals surface area contributed by atoms with Gasteiger partial charge in [-0.2, -0.15) is 5.10 Å². The van der Waals surface area contributed by atoms with Crippen LogP contribution in [0.1, 0.15) is 76.1 Å². The van der Waals surface area contributed by atoms with Crippen LogP contribution in [-0.2, 0) is 9.53 Å². The summed E-state index contributed by atoms with van der Waals surface area (Å²) in [6, 6.07) is 23.4. The van der Waals surface area contributed by atoms with E-state index in [1.807, 2.05) is 39.1 Å². The molecule has 1 N–H and O–H groups in total. The van der Waals surface area contributed by atoms with E-state index in [2.05, 4.69) is 85.6 Å². The zero-order valence-electron chi connectivity index (χ0n) is 29.0. The zero-order valence-corrected chi connectivity index (χ0v) is 29.0. The molecule has 0 atom stereocenters. The number of carbonyl (C=O) groups excluding carboxylic acids is 2. The summed E-state index contributed by atoms with van der Waals surface area (Å²) in [6.45, 7) is 12.9. The lowest BCUT2D eigenvalue weighted by atomic mass is 9.87. The Labute approximate surface area is 279 Å². The van der Waals surface area contributed by atoms with Gasteiger partial charge in [0.2, 0.25) is 5.91 Å². The topological polar surface area (TPSA) is 87.8 Å². The van der Waals surface area contributed by atoms with Crippen molar-refractivity contribution in [1.29, 1.82) is 0 Å². The SMILES string of the molecule is CC/C(=C(/c1ccc(OCCN(C/C=C/C(=O)N(C)C)C(=O)OC(C)(C)C)cc1)c1ccc2[nH]ncc2c1)c1ccc(C(C)C)cc1. The van der Waals surface area contributed by atoms with E-state index in [0.717, 1.165) is 34.0 Å². The van der Waals surface area contributed by atoms with Crippen molar-refractivity contribution in [2.75, 3.05) is 33.8 Å². The van der Waals surface area contributed by atoms with Crippen molar-refractivity contribution in [3.05, 3.63) is 107 Å². The average molecular weight is 637 g/mol. The molecular formula is C39H48N4O4. The van der Waals surface area contributed by atoms with Gasteiger partial charge in [-0.15, -0.1) is 0 Å². The van der Waals surface area contributed by atoms with Gasteiger partial charge in [-0.3, -0.25) is 9.89 Å². The van der Waals surface area contributed by atoms with Gasteiger partial charge < -0.3 is 19.3 Å². The van der Waals surface area contributed by atoms with Crippen molar-refractivity contribution in [3.63, 3.8) is 0 Å². The van der Waals surface area contributed by atoms with Crippen LogP contribution < -0.4 is 4.74 Å². The summed E-state index contributed by atoms with van der Waals surface area (Å²) >= 11 is 0. The van der Waals surface area contributed by atoms with E-state index >= 15 is 0 Å². The number of amides is 2. The Morgan fingerprint density at radius 1 is 0.936 bits per heavy atom. The first-order valence-corrected chi connectivity index (χ1v) is 16.2. The van der Waals surface area contributed by atoms with Crippen LogP contribution in [0.2, 0.25) is 0 Å². The summed E-state index contributed by atoms with van der Waals surface area (Å²) in [5, 5.41) is 8.34. The molecule has 4 aromatic rings. The molecule has 2 amide bonds. The fourth-order valence-electron chi connectivity index (χ4n) is 5.21. The second-order valence-corrected chi connectivity index (χ2v) is 13.1. The van der Waals surface area contributed by atoms with Crippen molar-refractivity contribution in [3.8, 4) is 5.75 Å². The number of hydrogen-bond acceptors (Lipinski definition) is 5. The molecule has 0 aliphatic heterocycles. The molecule has 0 aliphatic rings. The molecule has 1 heterocycles. The Balaban J connectivity index is 1.58. The van der Waals surface area contributed by atoms with Crippen LogP contribution in [0.15, 0.2) is 85.1 Å². The van der Waals surface area contributed by atoms with E-state index in [4.69, 9.17) is 9.47 Å². The molecule has 47 heavy (non-hydrogen) atoms. The number of nitrogens with zero attached hydrogens (tertiary/aromatic N) is 3. The number of aromatic nitrogens is 2. The Kier molecular flexibility index (Phi) is 11.6. The van der Waals surface area contributed by atoms with Gasteiger partial charge in [0, 0.05) is 32.1 Å². The van der Waals surface area contributed by atoms with Gasteiger partial charge >= 0.3 is 6.09 Å². The number of likely N-dealkylation sites (N-methyl/N-ethyl adjacent to an activating group) is 1. The fraction of sp³-hybridized carbons (Fsp3) is 0.359. The lowest BCUT2D eigenvalue weighted by Crippen LogP contribution is -2.39. The maximum atomic E-state index is 12.9. The summed E-state index contributed by atoms with van der Waals surface area (Å²) in [7, 11) is 3.36. The smallest absolute Gasteiger partial charge is 0.410 e. The highest BCUT2D eigenvalue weighted by atomic mass is 16.6. The molecule has 0 unspecified atom stereocenters. The van der Waals surface area contributed by atoms with Crippen LogP contribution in [0.25, 0.3) is 22.0 Å². The largest absolute Gasteiger partial charge is 0.492 e. The minimum atomic E-state index is -0.642. The summed E-state index contributed by atoms with van der Waals surface area (Å²) < 4.78 is 11.7. The summed E-state index contributed by atoms with van der Waals surface area (Å²) in [5.41, 5.74) is 7.48. The number of hydrogen-bond donors (Lipinski definition) is 1. The Bertz CT molecular complexity index is 1710. The monoisotopic (exact) mass is 636 g/mol. The van der Waals surface area contributed by atoms with Gasteiger partial charge in [-0.05, 0) is 90.8 Å². The van der Waals surface area contributed by atoms with Gasteiger partial charge in [-0.1, -0.05) is 69.3 Å². The molecule has 3 aromatic carbocycles. The molecule has 8 nitrogen and oxygen atoms in total. The van der Waals surface area contributed by atoms with E-state index < -0.39 is 11.7 Å². The number of benzene rings is 3. The first kappa shape index (κ1) is 35.0. The number of nitrogens with one attached hydrogen (secondary N) is 1. The molecule has 8 heteroatoms. The Morgan fingerprint density at radius 3 is 2.21 bits per heavy atom. The summed E-state index contributed by atoms with van der Waals surface area (Å²) in [6.07, 6.45) is 5.36. The number of aromatic amines is 1. The molecule has 0 saturated heterocycles. The number of rotatable bonds is 12. The highest BCUT2D eigenvalue weighted by molar-refractivity contribution is 6.00. The molecule has 0 aliphatic carbocycles. The molecule has 0 spiro atoms. The molecule has 248 valence electrons. The van der Waals surface area contributed by atoms with Crippen molar-refractivity contribution >= 4 is 34.0 Å². The molecule has 0 saturated carbocycles. The summed E-state index contributed by atoms with van der Waals surface area (Å²) in [5.74, 6) is 1.01. The van der Waals surface area contributed by atoms with Gasteiger partial charge in [0.15, 0.2) is 0 Å². The maximum absolute atomic E-state index is 12.9. The lowest BCUT2D eigenvalue weighted by molar-refractivity contribution is -0.123. The van der Waals surface area contributed by atoms with Crippen LogP contribution in [0.4, 0.5) is 4.79 Å². The van der Waals surface area contributed by atoms with E-state index in [1.54, 1.807) is 20.2 Å². The van der Waals surface area contributed by atoms with Crippen LogP contribution in [-0.4, -0.2) is 71.4 Å². The van der Waals surface area contributed by atoms with Crippen molar-refractivity contribution in [1.82, 2.24) is 20.0 Å². The second kappa shape index (κ2) is 15.6. The van der Waals surface area contributed by atoms with E-state index in [-0.39, 0.29) is 19.1 Å². The number of allylic oxidation sites excluding steroid dienone is 1. The molecule has 4 rings (SSSR count). The third-order valence-electron chi connectivity index (χ3n) is 7.76. The number of H-pyrrole nitrogens is 1. The maximum Gasteiger partial charge on any atom is 0.410 e. The fourth-order valence-corrected chi connectivity index (χ4v) is 5.21. The van der Waals surface area contributed by atoms with Gasteiger partial charge in [0.1, 0.15) is 18.0 Å². The van der Waals surface area contributed by atoms with Gasteiger partial charge in [-0.25, -0.2) is 4.79 Å². The van der Waals surface area contributed by atoms with E-state index in [1.165, 1.54) is 32.6 Å². The van der Waals surface area contributed by atoms with Gasteiger partial charge in [0.05, 0.1) is 18.3 Å². The molecule has 0 fully saturated rings. The van der Waals surface area contributed by atoms with Crippen LogP contribution in [0.3, 0.4) is 0 Å². The van der Waals surface area contributed by atoms with E-state index in [9.17, 15) is 9.59 Å². The highest BCUT2D eigenvalue weighted by Crippen LogP contribution is 2.36. The average Bonchev–Trinajstić information content (AvgIpc) is 3.50. The quantitative estimate of drug-likeness (QED) is 0.125. The lowest BCUT2D eigenvalue weighted by Gasteiger charge is -2.26. The number of carbonyl (C=O) groups is 2. The first-order chi connectivity index (χ1) is 22.4. The van der Waals surface area contributed by atoms with Crippen LogP contribution >= 0.6 is 0 Å². The van der Waals surface area contributed by atoms with Gasteiger partial charge in [0.25, 0.3) is 0 Å². The molecule has 0 radical (unpaired) electrons. The predicted molar refractivity (Wildman–Crippen MR) is 190 cm³/mol. The minimum Gasteiger partial charge on any atom is -0.492 e. The minimum absolute atomic E-state index is 0.151. The third-order valence-corrected chi connectivity index (χ3v) is 7.76. The summed E-state index contributed by atoms with van der Waals surface area (Å²) in [4.78, 5) is 27.9. The standard InChI is InChI=1S/C39H48N4O4/c1-9-34(29-14-12-28(13-15-29)27(2)3)37(31-18-21-35-32(25-31)26-40-41-35)30-16-19-33(20-17-30)46-24-23-43(38(45)47-39(4,5)6)22-10-11-36(44)42(7)8/h10-21,25-27H,9,22-24H2,1-8H3,(H,40,41)/b11-10+,37-34+. The van der Waals surface area contributed by atoms with Crippen molar-refractivity contribution < 1.29 is 19.1 Å². The third kappa shape index (κ3) is 9.58. The van der Waals surface area contributed by atoms with E-state index in [0.29, 0.717) is 18.2 Å². The second-order valence-electron chi connectivity index (χ2n) is 13.1. The first-order valence-electron chi connectivity index (χ1n) is 16.2. The molecule has 0 bridgehead atoms. The van der Waals surface area contributed by atoms with Crippen molar-refractivity contribution in [2.45, 2.75) is 59.5 Å². The van der Waals surface area contributed by atoms with Crippen molar-refractivity contribution in [2.24, 2.45) is 0 Å². The zero-order chi connectivity index (χ0) is 34.1. The normalized spacial score (nSPS) is 12.4. The highest BCUT2D eigenvalue weighted by Gasteiger charge is 2.22. The Hall–Kier alpha value is -4.85. The predicted octanol–water partition coefficient (Wildman–Crippen LogP) is 8.32. The number of fused-ring (bicyclic) bond motifs is 1. The van der Waals surface area contributed by atoms with Crippen LogP contribution in [0, 0.1) is 0 Å². The Morgan fingerprint density at radius 2 is 1.60 bits per heavy atom. The number of ether oxygens (including phenoxy) is 2.